The SMILES string of the molecule is C[C@@]12C[C@@H](c3ccoc3)OC(=O)[C@H]1CC[C@]1(C)[C@H]2[C@H]2C=C[C@@]1(O[C@@H]1O[C@H](CO)[C@@H](O)[C@H](O)[C@H]1O)C(=O)O2. The molecule has 0 amide bonds. The zero-order chi connectivity index (χ0) is 26.3. The summed E-state index contributed by atoms with van der Waals surface area (Å²) in [5, 5.41) is 40.8. The van der Waals surface area contributed by atoms with Crippen LogP contribution in [0.4, 0.5) is 0 Å². The van der Waals surface area contributed by atoms with Crippen LogP contribution in [0, 0.1) is 22.7 Å². The largest absolute Gasteiger partial charge is 0.472 e. The van der Waals surface area contributed by atoms with Gasteiger partial charge in [0, 0.05) is 16.9 Å². The number of hydrogen-bond donors (Lipinski definition) is 4. The van der Waals surface area contributed by atoms with Crippen molar-refractivity contribution in [2.24, 2.45) is 22.7 Å². The normalized spacial score (nSPS) is 50.7. The van der Waals surface area contributed by atoms with Gasteiger partial charge in [-0.25, -0.2) is 4.79 Å². The molecule has 2 bridgehead atoms. The van der Waals surface area contributed by atoms with E-state index in [9.17, 15) is 30.0 Å². The molecule has 202 valence electrons. The Morgan fingerprint density at radius 2 is 1.89 bits per heavy atom. The van der Waals surface area contributed by atoms with Gasteiger partial charge in [0.25, 0.3) is 0 Å². The molecule has 1 aromatic rings. The van der Waals surface area contributed by atoms with Crippen LogP contribution in [-0.2, 0) is 28.5 Å². The number of aliphatic hydroxyl groups is 4. The third kappa shape index (κ3) is 3.28. The fourth-order valence-corrected chi connectivity index (χ4v) is 7.71. The summed E-state index contributed by atoms with van der Waals surface area (Å²) >= 11 is 0. The van der Waals surface area contributed by atoms with Crippen molar-refractivity contribution in [2.75, 3.05) is 6.61 Å². The lowest BCUT2D eigenvalue weighted by molar-refractivity contribution is -0.350. The third-order valence-corrected chi connectivity index (χ3v) is 9.62. The van der Waals surface area contributed by atoms with E-state index in [0.717, 1.165) is 5.56 Å². The fraction of sp³-hybridized carbons (Fsp3) is 0.692. The molecular weight excluding hydrogens is 488 g/mol. The molecule has 0 radical (unpaired) electrons. The fourth-order valence-electron chi connectivity index (χ4n) is 7.71. The molecule has 4 N–H and O–H groups in total. The molecule has 4 aliphatic heterocycles. The minimum absolute atomic E-state index is 0.303. The number of ether oxygens (including phenoxy) is 4. The van der Waals surface area contributed by atoms with E-state index < -0.39 is 77.8 Å². The lowest BCUT2D eigenvalue weighted by Gasteiger charge is -2.67. The molecule has 37 heavy (non-hydrogen) atoms. The van der Waals surface area contributed by atoms with Crippen LogP contribution in [0.5, 0.6) is 0 Å². The molecule has 0 aromatic carbocycles. The van der Waals surface area contributed by atoms with Crippen molar-refractivity contribution in [2.45, 2.75) is 81.6 Å². The van der Waals surface area contributed by atoms with Gasteiger partial charge in [0.05, 0.1) is 25.1 Å². The van der Waals surface area contributed by atoms with Gasteiger partial charge >= 0.3 is 11.9 Å². The summed E-state index contributed by atoms with van der Waals surface area (Å²) in [4.78, 5) is 26.7. The average molecular weight is 521 g/mol. The van der Waals surface area contributed by atoms with Crippen LogP contribution in [-0.4, -0.2) is 81.4 Å². The summed E-state index contributed by atoms with van der Waals surface area (Å²) < 4.78 is 28.7. The third-order valence-electron chi connectivity index (χ3n) is 9.62. The molecule has 5 heterocycles. The number of hydrogen-bond acceptors (Lipinski definition) is 11. The lowest BCUT2D eigenvalue weighted by atomic mass is 9.42. The van der Waals surface area contributed by atoms with Crippen molar-refractivity contribution in [3.8, 4) is 0 Å². The van der Waals surface area contributed by atoms with Gasteiger partial charge in [0.2, 0.25) is 0 Å². The van der Waals surface area contributed by atoms with Gasteiger partial charge in [-0.15, -0.1) is 0 Å². The Morgan fingerprint density at radius 3 is 2.57 bits per heavy atom. The van der Waals surface area contributed by atoms with Gasteiger partial charge in [-0.2, -0.15) is 0 Å². The Morgan fingerprint density at radius 1 is 1.11 bits per heavy atom. The second kappa shape index (κ2) is 8.36. The summed E-state index contributed by atoms with van der Waals surface area (Å²) in [6.45, 7) is 3.32. The second-order valence-electron chi connectivity index (χ2n) is 11.5. The van der Waals surface area contributed by atoms with Crippen LogP contribution in [0.25, 0.3) is 0 Å². The molecule has 1 saturated carbocycles. The minimum atomic E-state index is -1.69. The summed E-state index contributed by atoms with van der Waals surface area (Å²) in [5.74, 6) is -1.71. The number of furan rings is 1. The number of cyclic esters (lactones) is 1. The van der Waals surface area contributed by atoms with E-state index in [-0.39, 0.29) is 11.9 Å². The molecule has 4 fully saturated rings. The smallest absolute Gasteiger partial charge is 0.343 e. The van der Waals surface area contributed by atoms with Crippen LogP contribution in [0.2, 0.25) is 0 Å². The van der Waals surface area contributed by atoms with Gasteiger partial charge < -0.3 is 43.8 Å². The van der Waals surface area contributed by atoms with E-state index in [1.807, 2.05) is 13.8 Å². The molecule has 11 nitrogen and oxygen atoms in total. The van der Waals surface area contributed by atoms with Crippen molar-refractivity contribution >= 4 is 11.9 Å². The second-order valence-corrected chi connectivity index (χ2v) is 11.5. The van der Waals surface area contributed by atoms with E-state index >= 15 is 0 Å². The van der Waals surface area contributed by atoms with Gasteiger partial charge in [-0.3, -0.25) is 4.79 Å². The highest BCUT2D eigenvalue weighted by Crippen LogP contribution is 2.68. The number of rotatable bonds is 4. The number of carbonyl (C=O) groups is 2. The molecule has 6 aliphatic rings. The van der Waals surface area contributed by atoms with E-state index in [1.54, 1.807) is 24.5 Å². The van der Waals surface area contributed by atoms with Crippen LogP contribution in [0.1, 0.15) is 44.8 Å². The highest BCUT2D eigenvalue weighted by atomic mass is 16.7. The van der Waals surface area contributed by atoms with Crippen molar-refractivity contribution in [1.29, 1.82) is 0 Å². The summed E-state index contributed by atoms with van der Waals surface area (Å²) in [6.07, 6.45) is -0.916. The molecule has 11 heteroatoms. The quantitative estimate of drug-likeness (QED) is 0.320. The van der Waals surface area contributed by atoms with E-state index in [0.29, 0.717) is 19.3 Å². The first-order valence-electron chi connectivity index (χ1n) is 12.7. The van der Waals surface area contributed by atoms with E-state index in [1.165, 1.54) is 6.26 Å². The molecular formula is C26H32O11. The monoisotopic (exact) mass is 520 g/mol. The van der Waals surface area contributed by atoms with Crippen LogP contribution < -0.4 is 0 Å². The van der Waals surface area contributed by atoms with Gasteiger partial charge in [0.1, 0.15) is 36.6 Å². The number of aliphatic hydroxyl groups excluding tert-OH is 4. The lowest BCUT2D eigenvalue weighted by Crippen LogP contribution is -2.74. The molecule has 7 rings (SSSR count). The van der Waals surface area contributed by atoms with Gasteiger partial charge in [-0.05, 0) is 42.9 Å². The Balaban J connectivity index is 1.38. The molecule has 1 aromatic heterocycles. The van der Waals surface area contributed by atoms with E-state index in [4.69, 9.17) is 23.4 Å². The Kier molecular flexibility index (Phi) is 5.65. The highest BCUT2D eigenvalue weighted by molar-refractivity contribution is 5.87. The van der Waals surface area contributed by atoms with E-state index in [2.05, 4.69) is 0 Å². The minimum Gasteiger partial charge on any atom is -0.472 e. The van der Waals surface area contributed by atoms with Gasteiger partial charge in [-0.1, -0.05) is 13.8 Å². The molecule has 0 spiro atoms. The molecule has 3 saturated heterocycles. The first kappa shape index (κ1) is 25.0. The topological polar surface area (TPSA) is 165 Å². The number of carbonyl (C=O) groups excluding carboxylic acids is 2. The Hall–Kier alpha value is -2.28. The van der Waals surface area contributed by atoms with Crippen LogP contribution in [0.3, 0.4) is 0 Å². The van der Waals surface area contributed by atoms with Gasteiger partial charge in [0.15, 0.2) is 11.9 Å². The predicted molar refractivity (Wildman–Crippen MR) is 121 cm³/mol. The Labute approximate surface area is 212 Å². The zero-order valence-corrected chi connectivity index (χ0v) is 20.6. The predicted octanol–water partition coefficient (Wildman–Crippen LogP) is 0.357. The maximum absolute atomic E-state index is 13.5. The molecule has 0 unspecified atom stereocenters. The number of esters is 2. The number of fused-ring (bicyclic) bond motifs is 2. The highest BCUT2D eigenvalue weighted by Gasteiger charge is 2.74. The first-order chi connectivity index (χ1) is 17.6. The summed E-state index contributed by atoms with van der Waals surface area (Å²) in [7, 11) is 0. The van der Waals surface area contributed by atoms with Crippen molar-refractivity contribution in [3.63, 3.8) is 0 Å². The molecule has 2 aliphatic carbocycles. The van der Waals surface area contributed by atoms with Crippen molar-refractivity contribution in [3.05, 3.63) is 36.3 Å². The molecule has 12 atom stereocenters. The van der Waals surface area contributed by atoms with Crippen molar-refractivity contribution in [1.82, 2.24) is 0 Å². The Bertz CT molecular complexity index is 1100. The van der Waals surface area contributed by atoms with Crippen molar-refractivity contribution < 1.29 is 53.4 Å². The van der Waals surface area contributed by atoms with Crippen LogP contribution >= 0.6 is 0 Å². The summed E-state index contributed by atoms with van der Waals surface area (Å²) in [6, 6.07) is 1.76. The van der Waals surface area contributed by atoms with Crippen LogP contribution in [0.15, 0.2) is 35.2 Å². The standard InChI is InChI=1S/C26H32O11/c1-24-9-15(12-5-8-33-11-12)34-21(31)13(24)3-6-25(2)20(24)14-4-7-26(25,23(32)36-14)37-22-19(30)18(29)17(28)16(10-27)35-22/h4-5,7-8,11,13-20,22,27-30H,3,6,9-10H2,1-2H3/t13-,14-,15+,16-,17-,18+,19-,20+,22+,24-,25-,26-/m1/s1. The average Bonchev–Trinajstić information content (AvgIpc) is 3.40. The zero-order valence-electron chi connectivity index (χ0n) is 20.6. The summed E-state index contributed by atoms with van der Waals surface area (Å²) in [5.41, 5.74) is -2.45. The maximum atomic E-state index is 13.5. The maximum Gasteiger partial charge on any atom is 0.343 e. The first-order valence-corrected chi connectivity index (χ1v) is 12.7.